The molecule has 18 heavy (non-hydrogen) atoms. The molecule has 0 bridgehead atoms. The summed E-state index contributed by atoms with van der Waals surface area (Å²) >= 11 is 6.63. The molecule has 0 aromatic carbocycles. The molecule has 1 fully saturated rings. The molecule has 1 N–H and O–H groups in total. The molecule has 0 aliphatic carbocycles. The Morgan fingerprint density at radius 1 is 1.61 bits per heavy atom. The predicted molar refractivity (Wildman–Crippen MR) is 75.1 cm³/mol. The van der Waals surface area contributed by atoms with E-state index in [4.69, 9.17) is 4.74 Å². The van der Waals surface area contributed by atoms with Gasteiger partial charge in [0.15, 0.2) is 0 Å². The Labute approximate surface area is 120 Å². The van der Waals surface area contributed by atoms with E-state index in [2.05, 4.69) is 43.4 Å². The van der Waals surface area contributed by atoms with Crippen LogP contribution in [0.15, 0.2) is 32.9 Å². The molecule has 0 spiro atoms. The van der Waals surface area contributed by atoms with Gasteiger partial charge in [0.25, 0.3) is 5.56 Å². The minimum absolute atomic E-state index is 0.00916. The molecule has 2 heterocycles. The molecule has 1 aromatic heterocycles. The van der Waals surface area contributed by atoms with Crippen molar-refractivity contribution >= 4 is 31.9 Å². The number of ether oxygens (including phenoxy) is 1. The third kappa shape index (κ3) is 2.67. The number of aromatic amines is 1. The first-order valence-electron chi connectivity index (χ1n) is 5.44. The van der Waals surface area contributed by atoms with E-state index in [1.807, 2.05) is 0 Å². The van der Waals surface area contributed by atoms with Gasteiger partial charge in [0, 0.05) is 17.4 Å². The number of rotatable bonds is 3. The highest BCUT2D eigenvalue weighted by molar-refractivity contribution is 9.10. The Bertz CT molecular complexity index is 566. The van der Waals surface area contributed by atoms with Crippen molar-refractivity contribution in [1.29, 1.82) is 0 Å². The molecule has 5 nitrogen and oxygen atoms in total. The highest BCUT2D eigenvalue weighted by Crippen LogP contribution is 2.34. The van der Waals surface area contributed by atoms with Gasteiger partial charge in [0.2, 0.25) is 0 Å². The number of aromatic nitrogens is 2. The summed E-state index contributed by atoms with van der Waals surface area (Å²) in [6.45, 7) is 3.68. The van der Waals surface area contributed by atoms with Gasteiger partial charge in [0.05, 0.1) is 10.6 Å². The Morgan fingerprint density at radius 3 is 3.00 bits per heavy atom. The number of halogens is 2. The van der Waals surface area contributed by atoms with Gasteiger partial charge in [-0.3, -0.25) is 14.3 Å². The second kappa shape index (κ2) is 5.54. The van der Waals surface area contributed by atoms with Crippen LogP contribution in [-0.2, 0) is 4.74 Å². The van der Waals surface area contributed by atoms with Gasteiger partial charge < -0.3 is 4.74 Å². The topological polar surface area (TPSA) is 64.1 Å². The number of nitrogens with zero attached hydrogens (tertiary/aromatic N) is 1. The van der Waals surface area contributed by atoms with E-state index in [1.54, 1.807) is 6.08 Å². The van der Waals surface area contributed by atoms with Crippen molar-refractivity contribution in [1.82, 2.24) is 9.55 Å². The van der Waals surface area contributed by atoms with E-state index in [-0.39, 0.29) is 17.2 Å². The van der Waals surface area contributed by atoms with Gasteiger partial charge in [-0.2, -0.15) is 0 Å². The smallest absolute Gasteiger partial charge is 0.330 e. The monoisotopic (exact) mass is 378 g/mol. The molecule has 0 radical (unpaired) electrons. The van der Waals surface area contributed by atoms with Crippen LogP contribution in [0.25, 0.3) is 0 Å². The van der Waals surface area contributed by atoms with Crippen LogP contribution in [-0.4, -0.2) is 20.5 Å². The van der Waals surface area contributed by atoms with Crippen LogP contribution in [0.4, 0.5) is 0 Å². The summed E-state index contributed by atoms with van der Waals surface area (Å²) < 4.78 is 7.48. The lowest BCUT2D eigenvalue weighted by molar-refractivity contribution is 0.00168. The second-order valence-electron chi connectivity index (χ2n) is 4.05. The first kappa shape index (κ1) is 13.8. The quantitative estimate of drug-likeness (QED) is 0.644. The molecular weight excluding hydrogens is 368 g/mol. The highest BCUT2D eigenvalue weighted by Gasteiger charge is 2.34. The van der Waals surface area contributed by atoms with Gasteiger partial charge >= 0.3 is 5.69 Å². The zero-order chi connectivity index (χ0) is 13.3. The fourth-order valence-electron chi connectivity index (χ4n) is 1.91. The standard InChI is InChI=1S/C11H12Br2N2O3/c1-2-3-8-6(12)4-9(18-8)15-5-7(13)10(16)14-11(15)17/h2,5-6,8-9H,1,3-4H2,(H,14,16,17)/t6-,8+,9+/m0/s1. The summed E-state index contributed by atoms with van der Waals surface area (Å²) in [6.07, 6.45) is 4.24. The third-order valence-corrected chi connectivity index (χ3v) is 4.32. The van der Waals surface area contributed by atoms with Crippen LogP contribution in [0, 0.1) is 0 Å². The molecular formula is C11H12Br2N2O3. The van der Waals surface area contributed by atoms with Crippen molar-refractivity contribution in [3.05, 3.63) is 44.2 Å². The van der Waals surface area contributed by atoms with Crippen molar-refractivity contribution in [2.45, 2.75) is 30.0 Å². The number of hydrogen-bond donors (Lipinski definition) is 1. The Balaban J connectivity index is 2.29. The molecule has 7 heteroatoms. The lowest BCUT2D eigenvalue weighted by Crippen LogP contribution is -2.32. The first-order valence-corrected chi connectivity index (χ1v) is 7.15. The van der Waals surface area contributed by atoms with Gasteiger partial charge in [0.1, 0.15) is 6.23 Å². The summed E-state index contributed by atoms with van der Waals surface area (Å²) in [6, 6.07) is 0. The molecule has 0 saturated carbocycles. The lowest BCUT2D eigenvalue weighted by Gasteiger charge is -2.15. The molecule has 1 aliphatic heterocycles. The summed E-state index contributed by atoms with van der Waals surface area (Å²) in [7, 11) is 0. The van der Waals surface area contributed by atoms with E-state index < -0.39 is 11.2 Å². The van der Waals surface area contributed by atoms with Crippen LogP contribution >= 0.6 is 31.9 Å². The average molecular weight is 380 g/mol. The molecule has 1 aromatic rings. The third-order valence-electron chi connectivity index (χ3n) is 2.80. The first-order chi connectivity index (χ1) is 8.52. The fourth-order valence-corrected chi connectivity index (χ4v) is 2.89. The van der Waals surface area contributed by atoms with E-state index >= 15 is 0 Å². The summed E-state index contributed by atoms with van der Waals surface area (Å²) in [5.74, 6) is 0. The van der Waals surface area contributed by atoms with Crippen molar-refractivity contribution in [2.24, 2.45) is 0 Å². The highest BCUT2D eigenvalue weighted by atomic mass is 79.9. The van der Waals surface area contributed by atoms with Gasteiger partial charge in [-0.05, 0) is 22.4 Å². The number of hydrogen-bond acceptors (Lipinski definition) is 3. The number of alkyl halides is 1. The summed E-state index contributed by atoms with van der Waals surface area (Å²) in [5, 5.41) is 0. The summed E-state index contributed by atoms with van der Waals surface area (Å²) in [5.41, 5.74) is -0.903. The molecule has 98 valence electrons. The SMILES string of the molecule is C=CC[C@H]1O[C@@H](n2cc(Br)c(=O)[nH]c2=O)C[C@@H]1Br. The number of H-pyrrole nitrogens is 1. The predicted octanol–water partition coefficient (Wildman–Crippen LogP) is 1.93. The summed E-state index contributed by atoms with van der Waals surface area (Å²) in [4.78, 5) is 25.4. The van der Waals surface area contributed by atoms with Crippen molar-refractivity contribution in [3.63, 3.8) is 0 Å². The normalized spacial score (nSPS) is 27.3. The lowest BCUT2D eigenvalue weighted by atomic mass is 10.2. The molecule has 0 unspecified atom stereocenters. The van der Waals surface area contributed by atoms with E-state index in [9.17, 15) is 9.59 Å². The maximum absolute atomic E-state index is 11.7. The molecule has 2 rings (SSSR count). The molecule has 1 saturated heterocycles. The molecule has 0 amide bonds. The van der Waals surface area contributed by atoms with Crippen LogP contribution in [0.3, 0.4) is 0 Å². The van der Waals surface area contributed by atoms with E-state index in [0.717, 1.165) is 0 Å². The van der Waals surface area contributed by atoms with Crippen LogP contribution in [0.2, 0.25) is 0 Å². The largest absolute Gasteiger partial charge is 0.353 e. The molecule has 1 aliphatic rings. The minimum Gasteiger partial charge on any atom is -0.353 e. The Hall–Kier alpha value is -0.660. The van der Waals surface area contributed by atoms with E-state index in [1.165, 1.54) is 10.8 Å². The van der Waals surface area contributed by atoms with Crippen LogP contribution in [0.5, 0.6) is 0 Å². The Kier molecular flexibility index (Phi) is 4.24. The van der Waals surface area contributed by atoms with Crippen molar-refractivity contribution in [3.8, 4) is 0 Å². The van der Waals surface area contributed by atoms with E-state index in [0.29, 0.717) is 17.3 Å². The van der Waals surface area contributed by atoms with Gasteiger partial charge in [-0.25, -0.2) is 4.79 Å². The number of nitrogens with one attached hydrogen (secondary N) is 1. The average Bonchev–Trinajstić information content (AvgIpc) is 2.66. The Morgan fingerprint density at radius 2 is 2.33 bits per heavy atom. The minimum atomic E-state index is -0.466. The maximum atomic E-state index is 11.7. The van der Waals surface area contributed by atoms with Crippen LogP contribution in [0.1, 0.15) is 19.1 Å². The zero-order valence-electron chi connectivity index (χ0n) is 9.44. The van der Waals surface area contributed by atoms with Crippen molar-refractivity contribution < 1.29 is 4.74 Å². The van der Waals surface area contributed by atoms with Crippen molar-refractivity contribution in [2.75, 3.05) is 0 Å². The van der Waals surface area contributed by atoms with Gasteiger partial charge in [-0.15, -0.1) is 6.58 Å². The molecule has 3 atom stereocenters. The van der Waals surface area contributed by atoms with Crippen LogP contribution < -0.4 is 11.2 Å². The van der Waals surface area contributed by atoms with Gasteiger partial charge in [-0.1, -0.05) is 22.0 Å². The maximum Gasteiger partial charge on any atom is 0.330 e. The second-order valence-corrected chi connectivity index (χ2v) is 6.08. The zero-order valence-corrected chi connectivity index (χ0v) is 12.6. The fraction of sp³-hybridized carbons (Fsp3) is 0.455.